The van der Waals surface area contributed by atoms with Gasteiger partial charge in [0.25, 0.3) is 0 Å². The maximum absolute atomic E-state index is 12.9. The second-order valence-corrected chi connectivity index (χ2v) is 3.74. The third kappa shape index (κ3) is 3.63. The largest absolute Gasteiger partial charge is 0.495 e. The van der Waals surface area contributed by atoms with E-state index in [2.05, 4.69) is 25.7 Å². The Kier molecular flexibility index (Phi) is 4.17. The van der Waals surface area contributed by atoms with E-state index in [0.29, 0.717) is 17.2 Å². The molecule has 1 rings (SSSR count). The molecule has 0 fully saturated rings. The van der Waals surface area contributed by atoms with Crippen molar-refractivity contribution >= 4 is 0 Å². The molecule has 0 radical (unpaired) electrons. The Morgan fingerprint density at radius 3 is 2.73 bits per heavy atom. The fourth-order valence-corrected chi connectivity index (χ4v) is 1.13. The molecule has 80 valence electrons. The Morgan fingerprint density at radius 2 is 2.13 bits per heavy atom. The van der Waals surface area contributed by atoms with Crippen LogP contribution in [0.15, 0.2) is 18.2 Å². The quantitative estimate of drug-likeness (QED) is 0.675. The molecule has 0 unspecified atom stereocenters. The zero-order chi connectivity index (χ0) is 11.3. The van der Waals surface area contributed by atoms with Gasteiger partial charge in [-0.2, -0.15) is 0 Å². The van der Waals surface area contributed by atoms with Crippen molar-refractivity contribution in [3.05, 3.63) is 29.6 Å². The smallest absolute Gasteiger partial charge is 0.134 e. The number of hydrogen-bond donors (Lipinski definition) is 0. The van der Waals surface area contributed by atoms with Crippen LogP contribution in [0.1, 0.15) is 25.8 Å². The van der Waals surface area contributed by atoms with Crippen LogP contribution < -0.4 is 4.74 Å². The topological polar surface area (TPSA) is 9.23 Å². The van der Waals surface area contributed by atoms with Crippen molar-refractivity contribution in [1.82, 2.24) is 0 Å². The molecule has 0 spiro atoms. The van der Waals surface area contributed by atoms with Gasteiger partial charge in [-0.15, -0.1) is 0 Å². The van der Waals surface area contributed by atoms with Crippen molar-refractivity contribution in [3.63, 3.8) is 0 Å². The molecule has 0 aliphatic rings. The molecule has 1 aromatic rings. The highest BCUT2D eigenvalue weighted by Gasteiger charge is 2.00. The van der Waals surface area contributed by atoms with E-state index >= 15 is 0 Å². The first-order valence-corrected chi connectivity index (χ1v) is 4.96. The average Bonchev–Trinajstić information content (AvgIpc) is 2.17. The van der Waals surface area contributed by atoms with E-state index in [-0.39, 0.29) is 5.82 Å². The van der Waals surface area contributed by atoms with Crippen LogP contribution in [0.5, 0.6) is 5.75 Å². The molecule has 0 aliphatic carbocycles. The predicted octanol–water partition coefficient (Wildman–Crippen LogP) is 3.23. The summed E-state index contributed by atoms with van der Waals surface area (Å²) in [5, 5.41) is 0. The van der Waals surface area contributed by atoms with Gasteiger partial charge < -0.3 is 4.74 Å². The molecule has 0 saturated heterocycles. The van der Waals surface area contributed by atoms with E-state index in [1.54, 1.807) is 13.2 Å². The lowest BCUT2D eigenvalue weighted by molar-refractivity contribution is 0.412. The average molecular weight is 206 g/mol. The second-order valence-electron chi connectivity index (χ2n) is 3.74. The molecule has 1 nitrogen and oxygen atoms in total. The van der Waals surface area contributed by atoms with Crippen molar-refractivity contribution in [2.45, 2.75) is 20.3 Å². The molecule has 0 bridgehead atoms. The Hall–Kier alpha value is -1.49. The first-order valence-electron chi connectivity index (χ1n) is 4.96. The molecule has 0 heterocycles. The van der Waals surface area contributed by atoms with Gasteiger partial charge >= 0.3 is 0 Å². The summed E-state index contributed by atoms with van der Waals surface area (Å²) in [5.41, 5.74) is 0.609. The number of halogens is 1. The molecule has 0 amide bonds. The summed E-state index contributed by atoms with van der Waals surface area (Å²) in [6.07, 6.45) is 0.805. The van der Waals surface area contributed by atoms with E-state index in [1.807, 2.05) is 0 Å². The van der Waals surface area contributed by atoms with E-state index < -0.39 is 0 Å². The van der Waals surface area contributed by atoms with Crippen molar-refractivity contribution in [1.29, 1.82) is 0 Å². The summed E-state index contributed by atoms with van der Waals surface area (Å²) in [6.45, 7) is 4.19. The predicted molar refractivity (Wildman–Crippen MR) is 59.3 cm³/mol. The summed E-state index contributed by atoms with van der Waals surface area (Å²) in [4.78, 5) is 0. The van der Waals surface area contributed by atoms with Gasteiger partial charge in [0.1, 0.15) is 11.6 Å². The Balaban J connectivity index is 2.90. The summed E-state index contributed by atoms with van der Waals surface area (Å²) >= 11 is 0. The van der Waals surface area contributed by atoms with Gasteiger partial charge in [0.05, 0.1) is 12.7 Å². The van der Waals surface area contributed by atoms with Gasteiger partial charge in [0.15, 0.2) is 0 Å². The maximum atomic E-state index is 12.9. The van der Waals surface area contributed by atoms with Crippen LogP contribution >= 0.6 is 0 Å². The first kappa shape index (κ1) is 11.6. The SMILES string of the molecule is COc1ccc(F)cc1C#CCC(C)C. The minimum Gasteiger partial charge on any atom is -0.495 e. The summed E-state index contributed by atoms with van der Waals surface area (Å²) < 4.78 is 18.0. The van der Waals surface area contributed by atoms with Gasteiger partial charge in [-0.05, 0) is 24.1 Å². The van der Waals surface area contributed by atoms with Gasteiger partial charge in [-0.25, -0.2) is 4.39 Å². The summed E-state index contributed by atoms with van der Waals surface area (Å²) in [5.74, 6) is 6.78. The van der Waals surface area contributed by atoms with E-state index in [0.717, 1.165) is 6.42 Å². The van der Waals surface area contributed by atoms with Crippen LogP contribution in [-0.4, -0.2) is 7.11 Å². The molecular weight excluding hydrogens is 191 g/mol. The highest BCUT2D eigenvalue weighted by Crippen LogP contribution is 2.17. The van der Waals surface area contributed by atoms with Crippen LogP contribution in [0, 0.1) is 23.6 Å². The maximum Gasteiger partial charge on any atom is 0.134 e. The zero-order valence-corrected chi connectivity index (χ0v) is 9.30. The minimum atomic E-state index is -0.287. The van der Waals surface area contributed by atoms with Crippen molar-refractivity contribution in [2.75, 3.05) is 7.11 Å². The van der Waals surface area contributed by atoms with Gasteiger partial charge in [0.2, 0.25) is 0 Å². The highest BCUT2D eigenvalue weighted by molar-refractivity contribution is 5.46. The Labute approximate surface area is 90.3 Å². The zero-order valence-electron chi connectivity index (χ0n) is 9.30. The van der Waals surface area contributed by atoms with Gasteiger partial charge in [0, 0.05) is 6.42 Å². The Morgan fingerprint density at radius 1 is 1.40 bits per heavy atom. The fraction of sp³-hybridized carbons (Fsp3) is 0.385. The van der Waals surface area contributed by atoms with Crippen molar-refractivity contribution in [2.24, 2.45) is 5.92 Å². The van der Waals surface area contributed by atoms with E-state index in [4.69, 9.17) is 4.74 Å². The lowest BCUT2D eigenvalue weighted by Crippen LogP contribution is -1.89. The van der Waals surface area contributed by atoms with E-state index in [1.165, 1.54) is 12.1 Å². The fourth-order valence-electron chi connectivity index (χ4n) is 1.13. The van der Waals surface area contributed by atoms with Gasteiger partial charge in [-0.3, -0.25) is 0 Å². The molecular formula is C13H15FO. The van der Waals surface area contributed by atoms with Crippen molar-refractivity contribution in [3.8, 4) is 17.6 Å². The molecule has 2 heteroatoms. The summed E-state index contributed by atoms with van der Waals surface area (Å²) in [7, 11) is 1.56. The number of methoxy groups -OCH3 is 1. The molecule has 15 heavy (non-hydrogen) atoms. The lowest BCUT2D eigenvalue weighted by atomic mass is 10.1. The first-order chi connectivity index (χ1) is 7.13. The van der Waals surface area contributed by atoms with Crippen LogP contribution in [0.25, 0.3) is 0 Å². The van der Waals surface area contributed by atoms with E-state index in [9.17, 15) is 4.39 Å². The minimum absolute atomic E-state index is 0.287. The van der Waals surface area contributed by atoms with Crippen molar-refractivity contribution < 1.29 is 9.13 Å². The van der Waals surface area contributed by atoms with Gasteiger partial charge in [-0.1, -0.05) is 25.7 Å². The number of hydrogen-bond acceptors (Lipinski definition) is 1. The molecule has 0 aliphatic heterocycles. The Bertz CT molecular complexity index is 385. The number of ether oxygens (including phenoxy) is 1. The third-order valence-corrected chi connectivity index (χ3v) is 1.89. The van der Waals surface area contributed by atoms with Crippen LogP contribution in [0.3, 0.4) is 0 Å². The van der Waals surface area contributed by atoms with Crippen LogP contribution in [0.4, 0.5) is 4.39 Å². The monoisotopic (exact) mass is 206 g/mol. The van der Waals surface area contributed by atoms with Crippen LogP contribution in [0.2, 0.25) is 0 Å². The third-order valence-electron chi connectivity index (χ3n) is 1.89. The standard InChI is InChI=1S/C13H15FO/c1-10(2)5-4-6-11-9-12(14)7-8-13(11)15-3/h7-10H,5H2,1-3H3. The number of rotatable bonds is 2. The van der Waals surface area contributed by atoms with Crippen LogP contribution in [-0.2, 0) is 0 Å². The normalized spacial score (nSPS) is 9.67. The molecule has 0 atom stereocenters. The lowest BCUT2D eigenvalue weighted by Gasteiger charge is -2.02. The molecule has 0 aromatic heterocycles. The molecule has 0 saturated carbocycles. The summed E-state index contributed by atoms with van der Waals surface area (Å²) in [6, 6.07) is 4.35. The highest BCUT2D eigenvalue weighted by atomic mass is 19.1. The number of benzene rings is 1. The molecule has 1 aromatic carbocycles. The second kappa shape index (κ2) is 5.41. The molecule has 0 N–H and O–H groups in total.